The van der Waals surface area contributed by atoms with Gasteiger partial charge in [0.15, 0.2) is 0 Å². The molecule has 11 aromatic rings. The van der Waals surface area contributed by atoms with Crippen LogP contribution in [-0.4, -0.2) is 15.8 Å². The average molecular weight is 1040 g/mol. The van der Waals surface area contributed by atoms with E-state index in [9.17, 15) is 0 Å². The van der Waals surface area contributed by atoms with Gasteiger partial charge in [-0.3, -0.25) is 0 Å². The molecule has 1 aliphatic carbocycles. The van der Waals surface area contributed by atoms with Crippen LogP contribution in [0.1, 0.15) is 180 Å². The molecule has 0 fully saturated rings. The summed E-state index contributed by atoms with van der Waals surface area (Å²) < 4.78 is 5.62. The van der Waals surface area contributed by atoms with E-state index in [1.807, 2.05) is 0 Å². The second-order valence-corrected chi connectivity index (χ2v) is 31.1. The van der Waals surface area contributed by atoms with E-state index in [0.717, 1.165) is 0 Å². The molecule has 0 bridgehead atoms. The summed E-state index contributed by atoms with van der Waals surface area (Å²) in [5.74, 6) is 0. The molecule has 398 valence electrons. The van der Waals surface area contributed by atoms with Crippen LogP contribution in [0.5, 0.6) is 0 Å². The van der Waals surface area contributed by atoms with E-state index in [-0.39, 0.29) is 39.2 Å². The minimum atomic E-state index is -0.648. The van der Waals surface area contributed by atoms with Crippen molar-refractivity contribution in [1.29, 1.82) is 0 Å². The van der Waals surface area contributed by atoms with Gasteiger partial charge in [0.2, 0.25) is 0 Å². The summed E-state index contributed by atoms with van der Waals surface area (Å²) in [6.07, 6.45) is 0. The highest BCUT2D eigenvalue weighted by Crippen LogP contribution is 2.63. The zero-order chi connectivity index (χ0) is 56.2. The topological polar surface area (TPSA) is 9.86 Å². The van der Waals surface area contributed by atoms with Gasteiger partial charge in [0.25, 0.3) is 6.71 Å². The average Bonchev–Trinajstić information content (AvgIpc) is 1.47. The Morgan fingerprint density at radius 2 is 0.762 bits per heavy atom. The fourth-order valence-corrected chi connectivity index (χ4v) is 15.3. The normalized spacial score (nSPS) is 15.2. The standard InChI is InChI=1S/C77H77BN2/c1-71(2,3)43-27-29-49-42(31-43)32-45(73(7,8)9)34-52(49)57-41-61-70-65-69(57)79-64-30-28-44(72(4,5)6)33-53(64)54-36-47(75(13,14)15)39-62(67(54)79)78(65)63-40-48(76(16,17)18)37-56-55-35-46(74(10,11)12)38-60(66(55)80(70)68(56)63)77(61)58-25-21-19-23-50(58)51-24-20-22-26-59(51)77/h19-41H,1-18H3. The highest BCUT2D eigenvalue weighted by molar-refractivity contribution is 7.00. The van der Waals surface area contributed by atoms with Gasteiger partial charge in [0.1, 0.15) is 0 Å². The third-order valence-electron chi connectivity index (χ3n) is 19.7. The van der Waals surface area contributed by atoms with Crippen molar-refractivity contribution in [3.63, 3.8) is 0 Å². The highest BCUT2D eigenvalue weighted by atomic mass is 15.1. The van der Waals surface area contributed by atoms with Crippen molar-refractivity contribution in [2.45, 2.75) is 163 Å². The molecule has 4 aliphatic rings. The minimum absolute atomic E-state index is 0.0137. The Labute approximate surface area is 475 Å². The van der Waals surface area contributed by atoms with Gasteiger partial charge in [-0.2, -0.15) is 0 Å². The van der Waals surface area contributed by atoms with Crippen LogP contribution in [0.25, 0.3) is 88.0 Å². The molecule has 5 heterocycles. The van der Waals surface area contributed by atoms with Crippen molar-refractivity contribution >= 4 is 77.5 Å². The van der Waals surface area contributed by atoms with Crippen molar-refractivity contribution in [1.82, 2.24) is 9.13 Å². The van der Waals surface area contributed by atoms with Crippen molar-refractivity contribution in [3.8, 4) is 33.6 Å². The van der Waals surface area contributed by atoms with Crippen LogP contribution in [0.3, 0.4) is 0 Å². The monoisotopic (exact) mass is 1040 g/mol. The van der Waals surface area contributed by atoms with Crippen LogP contribution < -0.4 is 16.4 Å². The minimum Gasteiger partial charge on any atom is -0.310 e. The molecule has 9 aromatic carbocycles. The van der Waals surface area contributed by atoms with Gasteiger partial charge in [0, 0.05) is 43.8 Å². The lowest BCUT2D eigenvalue weighted by atomic mass is 9.33. The second kappa shape index (κ2) is 15.3. The summed E-state index contributed by atoms with van der Waals surface area (Å²) in [5.41, 5.74) is 30.2. The maximum atomic E-state index is 2.83. The van der Waals surface area contributed by atoms with E-state index < -0.39 is 5.41 Å². The molecule has 0 saturated heterocycles. The number of hydrogen-bond acceptors (Lipinski definition) is 0. The number of benzene rings is 9. The van der Waals surface area contributed by atoms with E-state index in [1.54, 1.807) is 0 Å². The SMILES string of the molecule is CC(C)(C)c1ccc2c(-c3cc4c5c6c3-n3c7ccc(C(C)(C)C)cc7c7cc(C(C)(C)C)cc(c73)B6c3cc(C(C)(C)C)cc6c7cc(C(C)(C)C)cc(c7n-5c36)C43c4ccccc4-c4ccccc43)cc(C(C)(C)C)cc2c1. The van der Waals surface area contributed by atoms with Gasteiger partial charge in [-0.1, -0.05) is 222 Å². The Morgan fingerprint density at radius 1 is 0.312 bits per heavy atom. The largest absolute Gasteiger partial charge is 0.310 e. The molecule has 2 nitrogen and oxygen atoms in total. The molecule has 0 unspecified atom stereocenters. The molecule has 3 heteroatoms. The summed E-state index contributed by atoms with van der Waals surface area (Å²) in [5, 5.41) is 8.03. The summed E-state index contributed by atoms with van der Waals surface area (Å²) in [7, 11) is 0. The van der Waals surface area contributed by atoms with Gasteiger partial charge < -0.3 is 9.13 Å². The summed E-state index contributed by atoms with van der Waals surface area (Å²) in [6, 6.07) is 57.5. The summed E-state index contributed by atoms with van der Waals surface area (Å²) in [4.78, 5) is 0. The molecule has 15 rings (SSSR count). The van der Waals surface area contributed by atoms with E-state index in [1.165, 1.54) is 160 Å². The lowest BCUT2D eigenvalue weighted by Crippen LogP contribution is -2.61. The number of rotatable bonds is 1. The molecule has 1 spiro atoms. The van der Waals surface area contributed by atoms with Crippen LogP contribution in [0, 0.1) is 0 Å². The number of hydrogen-bond donors (Lipinski definition) is 0. The number of fused-ring (bicyclic) bond motifs is 15. The van der Waals surface area contributed by atoms with Crippen molar-refractivity contribution in [2.24, 2.45) is 0 Å². The molecular weight excluding hydrogens is 964 g/mol. The maximum absolute atomic E-state index is 2.83. The van der Waals surface area contributed by atoms with E-state index >= 15 is 0 Å². The maximum Gasteiger partial charge on any atom is 0.252 e. The smallest absolute Gasteiger partial charge is 0.252 e. The van der Waals surface area contributed by atoms with Crippen LogP contribution in [0.4, 0.5) is 0 Å². The van der Waals surface area contributed by atoms with Gasteiger partial charge >= 0.3 is 0 Å². The molecule has 0 saturated carbocycles. The van der Waals surface area contributed by atoms with Gasteiger partial charge in [-0.05, 0) is 174 Å². The van der Waals surface area contributed by atoms with Crippen LogP contribution in [0.15, 0.2) is 140 Å². The molecular formula is C77H77BN2. The second-order valence-electron chi connectivity index (χ2n) is 31.1. The fraction of sp³-hybridized carbons (Fsp3) is 0.325. The summed E-state index contributed by atoms with van der Waals surface area (Å²) in [6.45, 7) is 43.1. The number of nitrogens with zero attached hydrogens (tertiary/aromatic N) is 2. The molecule has 0 atom stereocenters. The predicted molar refractivity (Wildman–Crippen MR) is 346 cm³/mol. The predicted octanol–water partition coefficient (Wildman–Crippen LogP) is 18.3. The first kappa shape index (κ1) is 49.9. The van der Waals surface area contributed by atoms with Crippen LogP contribution in [-0.2, 0) is 37.9 Å². The summed E-state index contributed by atoms with van der Waals surface area (Å²) >= 11 is 0. The van der Waals surface area contributed by atoms with Gasteiger partial charge in [-0.15, -0.1) is 0 Å². The quantitative estimate of drug-likeness (QED) is 0.145. The Kier molecular flexibility index (Phi) is 9.52. The molecule has 0 amide bonds. The van der Waals surface area contributed by atoms with Crippen molar-refractivity contribution < 1.29 is 0 Å². The van der Waals surface area contributed by atoms with E-state index in [0.29, 0.717) is 0 Å². The highest BCUT2D eigenvalue weighted by Gasteiger charge is 2.55. The third-order valence-corrected chi connectivity index (χ3v) is 19.7. The van der Waals surface area contributed by atoms with Gasteiger partial charge in [0.05, 0.1) is 22.1 Å². The number of aromatic nitrogens is 2. The molecule has 3 aliphatic heterocycles. The lowest BCUT2D eigenvalue weighted by molar-refractivity contribution is 0.588. The van der Waals surface area contributed by atoms with E-state index in [2.05, 4.69) is 273 Å². The first-order valence-electron chi connectivity index (χ1n) is 29.8. The molecule has 0 N–H and O–H groups in total. The Bertz CT molecular complexity index is 4580. The lowest BCUT2D eigenvalue weighted by Gasteiger charge is -2.45. The Balaban J connectivity index is 1.27. The van der Waals surface area contributed by atoms with E-state index in [4.69, 9.17) is 0 Å². The van der Waals surface area contributed by atoms with Gasteiger partial charge in [-0.25, -0.2) is 0 Å². The first-order valence-corrected chi connectivity index (χ1v) is 29.8. The zero-order valence-corrected chi connectivity index (χ0v) is 50.8. The van der Waals surface area contributed by atoms with Crippen LogP contribution >= 0.6 is 0 Å². The molecule has 2 aromatic heterocycles. The third kappa shape index (κ3) is 6.39. The zero-order valence-electron chi connectivity index (χ0n) is 50.8. The first-order chi connectivity index (χ1) is 37.5. The van der Waals surface area contributed by atoms with Crippen molar-refractivity contribution in [2.75, 3.05) is 0 Å². The molecule has 80 heavy (non-hydrogen) atoms. The van der Waals surface area contributed by atoms with Crippen molar-refractivity contribution in [3.05, 3.63) is 195 Å². The Morgan fingerprint density at radius 3 is 1.32 bits per heavy atom. The fourth-order valence-electron chi connectivity index (χ4n) is 15.3. The Hall–Kier alpha value is -7.10. The van der Waals surface area contributed by atoms with Crippen LogP contribution in [0.2, 0.25) is 0 Å². The molecule has 0 radical (unpaired) electrons.